The summed E-state index contributed by atoms with van der Waals surface area (Å²) in [6, 6.07) is 5.47. The number of nitrogens with one attached hydrogen (secondary N) is 1. The maximum absolute atomic E-state index is 12.3. The Morgan fingerprint density at radius 2 is 1.71 bits per heavy atom. The lowest BCUT2D eigenvalue weighted by Gasteiger charge is -2.13. The van der Waals surface area contributed by atoms with Crippen molar-refractivity contribution in [1.29, 1.82) is 0 Å². The highest BCUT2D eigenvalue weighted by atomic mass is 16.5. The van der Waals surface area contributed by atoms with Gasteiger partial charge in [0.15, 0.2) is 5.75 Å². The Morgan fingerprint density at radius 1 is 0.958 bits per heavy atom. The molecule has 1 N–H and O–H groups in total. The molecule has 0 aliphatic rings. The fraction of sp³-hybridized carbons (Fsp3) is 0.526. The Hall–Kier alpha value is -2.17. The second-order valence-electron chi connectivity index (χ2n) is 5.84. The molecule has 0 fully saturated rings. The largest absolute Gasteiger partial charge is 0.497 e. The van der Waals surface area contributed by atoms with Gasteiger partial charge in [-0.05, 0) is 18.6 Å². The second-order valence-corrected chi connectivity index (χ2v) is 5.84. The van der Waals surface area contributed by atoms with Gasteiger partial charge in [-0.3, -0.25) is 4.79 Å². The Morgan fingerprint density at radius 3 is 2.42 bits per heavy atom. The van der Waals surface area contributed by atoms with Gasteiger partial charge in [-0.15, -0.1) is 0 Å². The van der Waals surface area contributed by atoms with Gasteiger partial charge in [-0.25, -0.2) is 0 Å². The van der Waals surface area contributed by atoms with Gasteiger partial charge in [0.05, 0.1) is 26.3 Å². The number of fused-ring (bicyclic) bond motifs is 1. The summed E-state index contributed by atoms with van der Waals surface area (Å²) in [6.45, 7) is 2.73. The second kappa shape index (κ2) is 9.21. The monoisotopic (exact) mass is 333 g/mol. The SMILES string of the molecule is CCCCCCCCOc1c(OC)c2ccc(OC)cc2[nH]c1=O. The summed E-state index contributed by atoms with van der Waals surface area (Å²) in [5.41, 5.74) is 0.390. The van der Waals surface area contributed by atoms with Crippen LogP contribution in [0.3, 0.4) is 0 Å². The predicted molar refractivity (Wildman–Crippen MR) is 96.5 cm³/mol. The molecule has 2 aromatic rings. The van der Waals surface area contributed by atoms with E-state index in [1.54, 1.807) is 20.3 Å². The average molecular weight is 333 g/mol. The molecule has 0 saturated carbocycles. The number of H-pyrrole nitrogens is 1. The Labute approximate surface area is 142 Å². The zero-order valence-electron chi connectivity index (χ0n) is 14.8. The van der Waals surface area contributed by atoms with Gasteiger partial charge >= 0.3 is 0 Å². The van der Waals surface area contributed by atoms with Crippen LogP contribution in [0.1, 0.15) is 45.4 Å². The van der Waals surface area contributed by atoms with Crippen molar-refractivity contribution >= 4 is 10.9 Å². The molecule has 0 unspecified atom stereocenters. The summed E-state index contributed by atoms with van der Waals surface area (Å²) in [4.78, 5) is 15.2. The molecule has 0 spiro atoms. The normalized spacial score (nSPS) is 10.8. The quantitative estimate of drug-likeness (QED) is 0.659. The number of unbranched alkanes of at least 4 members (excludes halogenated alkanes) is 5. The summed E-state index contributed by atoms with van der Waals surface area (Å²) >= 11 is 0. The van der Waals surface area contributed by atoms with E-state index in [1.807, 2.05) is 12.1 Å². The summed E-state index contributed by atoms with van der Waals surface area (Å²) in [5.74, 6) is 1.41. The third-order valence-corrected chi connectivity index (χ3v) is 4.08. The molecule has 24 heavy (non-hydrogen) atoms. The van der Waals surface area contributed by atoms with E-state index in [0.717, 1.165) is 18.2 Å². The third kappa shape index (κ3) is 4.43. The van der Waals surface area contributed by atoms with Crippen LogP contribution in [-0.4, -0.2) is 25.8 Å². The molecular formula is C19H27NO4. The van der Waals surface area contributed by atoms with E-state index in [9.17, 15) is 4.79 Å². The van der Waals surface area contributed by atoms with Gasteiger partial charge in [0.25, 0.3) is 5.56 Å². The summed E-state index contributed by atoms with van der Waals surface area (Å²) in [6.07, 6.45) is 7.05. The van der Waals surface area contributed by atoms with Crippen LogP contribution < -0.4 is 19.8 Å². The number of hydrogen-bond acceptors (Lipinski definition) is 4. The van der Waals surface area contributed by atoms with Gasteiger partial charge < -0.3 is 19.2 Å². The van der Waals surface area contributed by atoms with Crippen molar-refractivity contribution in [3.8, 4) is 17.2 Å². The van der Waals surface area contributed by atoms with Crippen molar-refractivity contribution in [3.63, 3.8) is 0 Å². The molecule has 1 aromatic heterocycles. The highest BCUT2D eigenvalue weighted by molar-refractivity contribution is 5.88. The lowest BCUT2D eigenvalue weighted by molar-refractivity contribution is 0.282. The zero-order chi connectivity index (χ0) is 17.4. The first-order valence-electron chi connectivity index (χ1n) is 8.62. The topological polar surface area (TPSA) is 60.6 Å². The van der Waals surface area contributed by atoms with Crippen LogP contribution >= 0.6 is 0 Å². The number of pyridine rings is 1. The van der Waals surface area contributed by atoms with Crippen LogP contribution in [0.15, 0.2) is 23.0 Å². The number of methoxy groups -OCH3 is 2. The molecule has 0 aliphatic carbocycles. The Bertz CT molecular complexity index is 708. The first-order valence-corrected chi connectivity index (χ1v) is 8.62. The van der Waals surface area contributed by atoms with Gasteiger partial charge in [-0.2, -0.15) is 0 Å². The first kappa shape index (κ1) is 18.2. The molecule has 0 atom stereocenters. The van der Waals surface area contributed by atoms with Crippen LogP contribution in [0.5, 0.6) is 17.2 Å². The number of benzene rings is 1. The van der Waals surface area contributed by atoms with Crippen LogP contribution in [0.2, 0.25) is 0 Å². The molecule has 0 aliphatic heterocycles. The predicted octanol–water partition coefficient (Wildman–Crippen LogP) is 4.28. The molecule has 1 aromatic carbocycles. The molecule has 2 rings (SSSR count). The molecule has 5 nitrogen and oxygen atoms in total. The fourth-order valence-corrected chi connectivity index (χ4v) is 2.75. The van der Waals surface area contributed by atoms with Crippen molar-refractivity contribution in [2.45, 2.75) is 45.4 Å². The number of aromatic nitrogens is 1. The summed E-state index contributed by atoms with van der Waals surface area (Å²) in [7, 11) is 3.14. The van der Waals surface area contributed by atoms with E-state index < -0.39 is 0 Å². The van der Waals surface area contributed by atoms with Gasteiger partial charge in [0, 0.05) is 11.5 Å². The van der Waals surface area contributed by atoms with E-state index in [-0.39, 0.29) is 11.3 Å². The van der Waals surface area contributed by atoms with E-state index in [1.165, 1.54) is 25.7 Å². The molecule has 0 bridgehead atoms. The minimum Gasteiger partial charge on any atom is -0.497 e. The number of aromatic amines is 1. The molecule has 0 saturated heterocycles. The summed E-state index contributed by atoms with van der Waals surface area (Å²) < 4.78 is 16.4. The molecular weight excluding hydrogens is 306 g/mol. The van der Waals surface area contributed by atoms with Crippen LogP contribution in [0, 0.1) is 0 Å². The fourth-order valence-electron chi connectivity index (χ4n) is 2.75. The van der Waals surface area contributed by atoms with Gasteiger partial charge in [-0.1, -0.05) is 39.0 Å². The molecule has 1 heterocycles. The van der Waals surface area contributed by atoms with Crippen molar-refractivity contribution in [3.05, 3.63) is 28.6 Å². The molecule has 5 heteroatoms. The zero-order valence-corrected chi connectivity index (χ0v) is 14.8. The van der Waals surface area contributed by atoms with Crippen LogP contribution in [-0.2, 0) is 0 Å². The molecule has 0 radical (unpaired) electrons. The number of hydrogen-bond donors (Lipinski definition) is 1. The maximum Gasteiger partial charge on any atom is 0.294 e. The van der Waals surface area contributed by atoms with E-state index >= 15 is 0 Å². The molecule has 0 amide bonds. The van der Waals surface area contributed by atoms with E-state index in [4.69, 9.17) is 14.2 Å². The van der Waals surface area contributed by atoms with E-state index in [0.29, 0.717) is 23.6 Å². The van der Waals surface area contributed by atoms with Crippen LogP contribution in [0.25, 0.3) is 10.9 Å². The molecule has 132 valence electrons. The van der Waals surface area contributed by atoms with Gasteiger partial charge in [0.2, 0.25) is 5.75 Å². The maximum atomic E-state index is 12.3. The third-order valence-electron chi connectivity index (χ3n) is 4.08. The van der Waals surface area contributed by atoms with Crippen molar-refractivity contribution in [2.24, 2.45) is 0 Å². The Balaban J connectivity index is 2.09. The van der Waals surface area contributed by atoms with Crippen molar-refractivity contribution in [1.82, 2.24) is 4.98 Å². The minimum absolute atomic E-state index is 0.253. The standard InChI is InChI=1S/C19H27NO4/c1-4-5-6-7-8-9-12-24-18-17(23-3)15-11-10-14(22-2)13-16(15)20-19(18)21/h10-11,13H,4-9,12H2,1-3H3,(H,20,21). The first-order chi connectivity index (χ1) is 11.7. The highest BCUT2D eigenvalue weighted by Gasteiger charge is 2.15. The van der Waals surface area contributed by atoms with Crippen molar-refractivity contribution < 1.29 is 14.2 Å². The number of rotatable bonds is 10. The summed E-state index contributed by atoms with van der Waals surface area (Å²) in [5, 5.41) is 0.802. The minimum atomic E-state index is -0.279. The van der Waals surface area contributed by atoms with Crippen molar-refractivity contribution in [2.75, 3.05) is 20.8 Å². The number of ether oxygens (including phenoxy) is 3. The van der Waals surface area contributed by atoms with Gasteiger partial charge in [0.1, 0.15) is 5.75 Å². The van der Waals surface area contributed by atoms with E-state index in [2.05, 4.69) is 11.9 Å². The van der Waals surface area contributed by atoms with Crippen LogP contribution in [0.4, 0.5) is 0 Å². The lowest BCUT2D eigenvalue weighted by atomic mass is 10.1. The smallest absolute Gasteiger partial charge is 0.294 e. The highest BCUT2D eigenvalue weighted by Crippen LogP contribution is 2.33. The lowest BCUT2D eigenvalue weighted by Crippen LogP contribution is -2.14. The Kier molecular flexibility index (Phi) is 6.97. The average Bonchev–Trinajstić information content (AvgIpc) is 2.60.